The molecule has 0 aromatic heterocycles. The molecule has 0 bridgehead atoms. The molecule has 1 atom stereocenters. The van der Waals surface area contributed by atoms with Crippen LogP contribution < -0.4 is 10.6 Å². The van der Waals surface area contributed by atoms with Crippen molar-refractivity contribution in [1.29, 1.82) is 0 Å². The highest BCUT2D eigenvalue weighted by Gasteiger charge is 2.06. The standard InChI is InChI=1S/C16H27N3O2/c1-14(15-8-5-4-6-9-15)19-16(17-2)18-10-7-11-21-13-12-20-3/h4-6,8-9,14H,7,10-13H2,1-3H3,(H2,17,18,19). The monoisotopic (exact) mass is 293 g/mol. The average Bonchev–Trinajstić information content (AvgIpc) is 2.53. The van der Waals surface area contributed by atoms with Crippen LogP contribution in [0.5, 0.6) is 0 Å². The Morgan fingerprint density at radius 3 is 2.62 bits per heavy atom. The minimum absolute atomic E-state index is 0.218. The molecule has 0 radical (unpaired) electrons. The van der Waals surface area contributed by atoms with Crippen LogP contribution in [-0.4, -0.2) is 46.5 Å². The number of nitrogens with one attached hydrogen (secondary N) is 2. The van der Waals surface area contributed by atoms with E-state index in [1.54, 1.807) is 14.2 Å². The molecule has 1 aromatic rings. The second kappa shape index (κ2) is 11.1. The first kappa shape index (κ1) is 17.5. The van der Waals surface area contributed by atoms with Gasteiger partial charge in [-0.15, -0.1) is 0 Å². The van der Waals surface area contributed by atoms with Crippen LogP contribution in [0.2, 0.25) is 0 Å². The zero-order valence-electron chi connectivity index (χ0n) is 13.3. The molecule has 0 amide bonds. The third-order valence-electron chi connectivity index (χ3n) is 3.07. The van der Waals surface area contributed by atoms with Gasteiger partial charge in [-0.25, -0.2) is 0 Å². The van der Waals surface area contributed by atoms with Crippen LogP contribution in [0.25, 0.3) is 0 Å². The highest BCUT2D eigenvalue weighted by atomic mass is 16.5. The number of ether oxygens (including phenoxy) is 2. The molecule has 0 aliphatic heterocycles. The van der Waals surface area contributed by atoms with Gasteiger partial charge in [-0.1, -0.05) is 30.3 Å². The van der Waals surface area contributed by atoms with E-state index in [9.17, 15) is 0 Å². The van der Waals surface area contributed by atoms with Crippen molar-refractivity contribution in [2.24, 2.45) is 4.99 Å². The number of guanidine groups is 1. The van der Waals surface area contributed by atoms with E-state index in [2.05, 4.69) is 34.7 Å². The first-order chi connectivity index (χ1) is 10.3. The average molecular weight is 293 g/mol. The van der Waals surface area contributed by atoms with E-state index in [1.807, 2.05) is 18.2 Å². The number of benzene rings is 1. The summed E-state index contributed by atoms with van der Waals surface area (Å²) in [7, 11) is 3.45. The van der Waals surface area contributed by atoms with Crippen molar-refractivity contribution in [3.63, 3.8) is 0 Å². The van der Waals surface area contributed by atoms with E-state index in [4.69, 9.17) is 9.47 Å². The lowest BCUT2D eigenvalue weighted by atomic mass is 10.1. The third kappa shape index (κ3) is 7.68. The van der Waals surface area contributed by atoms with Crippen LogP contribution in [0.4, 0.5) is 0 Å². The second-order valence-electron chi connectivity index (χ2n) is 4.73. The molecule has 5 nitrogen and oxygen atoms in total. The number of hydrogen-bond acceptors (Lipinski definition) is 3. The Bertz CT molecular complexity index is 396. The summed E-state index contributed by atoms with van der Waals surface area (Å²) < 4.78 is 10.3. The summed E-state index contributed by atoms with van der Waals surface area (Å²) >= 11 is 0. The van der Waals surface area contributed by atoms with Crippen LogP contribution in [-0.2, 0) is 9.47 Å². The van der Waals surface area contributed by atoms with Crippen molar-refractivity contribution in [2.45, 2.75) is 19.4 Å². The Morgan fingerprint density at radius 1 is 1.19 bits per heavy atom. The molecule has 2 N–H and O–H groups in total. The van der Waals surface area contributed by atoms with E-state index in [-0.39, 0.29) is 6.04 Å². The van der Waals surface area contributed by atoms with Gasteiger partial charge in [0.05, 0.1) is 19.3 Å². The summed E-state index contributed by atoms with van der Waals surface area (Å²) in [5, 5.41) is 6.66. The van der Waals surface area contributed by atoms with Crippen LogP contribution in [0.1, 0.15) is 24.9 Å². The Balaban J connectivity index is 2.20. The van der Waals surface area contributed by atoms with E-state index in [0.29, 0.717) is 13.2 Å². The SMILES string of the molecule is CN=C(NCCCOCCOC)NC(C)c1ccccc1. The molecular weight excluding hydrogens is 266 g/mol. The number of nitrogens with zero attached hydrogens (tertiary/aromatic N) is 1. The maximum absolute atomic E-state index is 5.41. The topological polar surface area (TPSA) is 54.9 Å². The summed E-state index contributed by atoms with van der Waals surface area (Å²) in [4.78, 5) is 4.23. The van der Waals surface area contributed by atoms with Crippen molar-refractivity contribution in [1.82, 2.24) is 10.6 Å². The van der Waals surface area contributed by atoms with Gasteiger partial charge in [0.1, 0.15) is 0 Å². The molecular formula is C16H27N3O2. The summed E-state index contributed by atoms with van der Waals surface area (Å²) in [6.45, 7) is 4.96. The molecule has 0 fully saturated rings. The summed E-state index contributed by atoms with van der Waals surface area (Å²) in [6, 6.07) is 10.5. The first-order valence-electron chi connectivity index (χ1n) is 7.36. The van der Waals surface area contributed by atoms with Gasteiger partial charge in [-0.3, -0.25) is 4.99 Å². The minimum Gasteiger partial charge on any atom is -0.382 e. The summed E-state index contributed by atoms with van der Waals surface area (Å²) in [5.74, 6) is 0.809. The third-order valence-corrected chi connectivity index (χ3v) is 3.07. The highest BCUT2D eigenvalue weighted by molar-refractivity contribution is 5.80. The molecule has 0 aliphatic rings. The Kier molecular flexibility index (Phi) is 9.24. The molecule has 21 heavy (non-hydrogen) atoms. The number of aliphatic imine (C=N–C) groups is 1. The quantitative estimate of drug-likeness (QED) is 0.415. The van der Waals surface area contributed by atoms with E-state index < -0.39 is 0 Å². The largest absolute Gasteiger partial charge is 0.382 e. The summed E-state index contributed by atoms with van der Waals surface area (Å²) in [5.41, 5.74) is 1.24. The fourth-order valence-corrected chi connectivity index (χ4v) is 1.85. The fraction of sp³-hybridized carbons (Fsp3) is 0.562. The fourth-order valence-electron chi connectivity index (χ4n) is 1.85. The minimum atomic E-state index is 0.218. The van der Waals surface area contributed by atoms with Gasteiger partial charge in [0.2, 0.25) is 0 Å². The van der Waals surface area contributed by atoms with E-state index in [1.165, 1.54) is 5.56 Å². The van der Waals surface area contributed by atoms with Gasteiger partial charge in [-0.2, -0.15) is 0 Å². The van der Waals surface area contributed by atoms with Gasteiger partial charge in [0, 0.05) is 27.3 Å². The Hall–Kier alpha value is -1.59. The normalized spacial score (nSPS) is 13.0. The molecule has 0 aliphatic carbocycles. The molecule has 5 heteroatoms. The zero-order valence-corrected chi connectivity index (χ0v) is 13.3. The zero-order chi connectivity index (χ0) is 15.3. The van der Waals surface area contributed by atoms with Gasteiger partial charge in [0.25, 0.3) is 0 Å². The highest BCUT2D eigenvalue weighted by Crippen LogP contribution is 2.10. The molecule has 1 rings (SSSR count). The summed E-state index contributed by atoms with van der Waals surface area (Å²) in [6.07, 6.45) is 0.935. The van der Waals surface area contributed by atoms with Crippen LogP contribution in [0, 0.1) is 0 Å². The first-order valence-corrected chi connectivity index (χ1v) is 7.36. The van der Waals surface area contributed by atoms with Gasteiger partial charge < -0.3 is 20.1 Å². The molecule has 0 saturated heterocycles. The van der Waals surface area contributed by atoms with Gasteiger partial charge in [-0.05, 0) is 18.9 Å². The lowest BCUT2D eigenvalue weighted by Crippen LogP contribution is -2.39. The predicted octanol–water partition coefficient (Wildman–Crippen LogP) is 1.97. The molecule has 0 saturated carbocycles. The van der Waals surface area contributed by atoms with Crippen LogP contribution in [0.3, 0.4) is 0 Å². The maximum atomic E-state index is 5.41. The lowest BCUT2D eigenvalue weighted by Gasteiger charge is -2.18. The van der Waals surface area contributed by atoms with Crippen LogP contribution >= 0.6 is 0 Å². The smallest absolute Gasteiger partial charge is 0.191 e. The predicted molar refractivity (Wildman–Crippen MR) is 86.7 cm³/mol. The van der Waals surface area contributed by atoms with Crippen molar-refractivity contribution in [3.05, 3.63) is 35.9 Å². The number of hydrogen-bond donors (Lipinski definition) is 2. The van der Waals surface area contributed by atoms with Crippen molar-refractivity contribution < 1.29 is 9.47 Å². The molecule has 0 spiro atoms. The molecule has 1 unspecified atom stereocenters. The second-order valence-corrected chi connectivity index (χ2v) is 4.73. The number of methoxy groups -OCH3 is 1. The maximum Gasteiger partial charge on any atom is 0.191 e. The van der Waals surface area contributed by atoms with E-state index in [0.717, 1.165) is 25.5 Å². The van der Waals surface area contributed by atoms with E-state index >= 15 is 0 Å². The molecule has 0 heterocycles. The molecule has 1 aromatic carbocycles. The number of rotatable bonds is 9. The Morgan fingerprint density at radius 2 is 1.95 bits per heavy atom. The molecule has 118 valence electrons. The van der Waals surface area contributed by atoms with Gasteiger partial charge in [0.15, 0.2) is 5.96 Å². The van der Waals surface area contributed by atoms with Crippen molar-refractivity contribution in [2.75, 3.05) is 40.5 Å². The Labute approximate surface area is 127 Å². The lowest BCUT2D eigenvalue weighted by molar-refractivity contribution is 0.0698. The van der Waals surface area contributed by atoms with Gasteiger partial charge >= 0.3 is 0 Å². The van der Waals surface area contributed by atoms with Crippen molar-refractivity contribution >= 4 is 5.96 Å². The van der Waals surface area contributed by atoms with Crippen molar-refractivity contribution in [3.8, 4) is 0 Å². The van der Waals surface area contributed by atoms with Crippen LogP contribution in [0.15, 0.2) is 35.3 Å².